The van der Waals surface area contributed by atoms with Crippen LogP contribution in [0.25, 0.3) is 0 Å². The number of amides is 1. The summed E-state index contributed by atoms with van der Waals surface area (Å²) in [6, 6.07) is 4.96. The van der Waals surface area contributed by atoms with Gasteiger partial charge in [-0.2, -0.15) is 13.2 Å². The fraction of sp³-hybridized carbons (Fsp3) is 0.273. The number of nitrogens with zero attached hydrogens (tertiary/aromatic N) is 1. The van der Waals surface area contributed by atoms with E-state index in [1.165, 1.54) is 17.0 Å². The lowest BCUT2D eigenvalue weighted by molar-refractivity contribution is -0.553. The van der Waals surface area contributed by atoms with Crippen LogP contribution in [-0.2, 0) is 11.0 Å². The molecule has 0 unspecified atom stereocenters. The second kappa shape index (κ2) is 4.20. The number of hydrazine groups is 1. The molecule has 1 aliphatic heterocycles. The van der Waals surface area contributed by atoms with Gasteiger partial charge in [0.25, 0.3) is 5.91 Å². The highest BCUT2D eigenvalue weighted by Gasteiger charge is 2.30. The van der Waals surface area contributed by atoms with Crippen molar-refractivity contribution in [1.82, 2.24) is 5.43 Å². The number of carbonyl (C=O) groups excluding carboxylic acids is 1. The average molecular weight is 243 g/mol. The number of benzene rings is 1. The molecule has 1 heterocycles. The van der Waals surface area contributed by atoms with Crippen molar-refractivity contribution >= 4 is 12.1 Å². The third kappa shape index (κ3) is 2.83. The van der Waals surface area contributed by atoms with Gasteiger partial charge in [0.05, 0.1) is 12.0 Å². The first kappa shape index (κ1) is 11.6. The number of halogens is 3. The van der Waals surface area contributed by atoms with Gasteiger partial charge >= 0.3 is 6.18 Å². The van der Waals surface area contributed by atoms with Crippen LogP contribution in [0.1, 0.15) is 17.5 Å². The minimum absolute atomic E-state index is 0.131. The second-order valence-electron chi connectivity index (χ2n) is 3.73. The summed E-state index contributed by atoms with van der Waals surface area (Å²) in [5, 5.41) is 0. The van der Waals surface area contributed by atoms with Crippen molar-refractivity contribution in [1.29, 1.82) is 0 Å². The Balaban J connectivity index is 2.25. The molecule has 3 nitrogen and oxygen atoms in total. The molecule has 0 atom stereocenters. The Hall–Kier alpha value is -1.85. The number of hydrazone groups is 1. The number of rotatable bonds is 1. The van der Waals surface area contributed by atoms with Gasteiger partial charge in [0, 0.05) is 5.56 Å². The highest BCUT2D eigenvalue weighted by atomic mass is 19.4. The van der Waals surface area contributed by atoms with Gasteiger partial charge in [-0.25, -0.2) is 0 Å². The fourth-order valence-corrected chi connectivity index (χ4v) is 1.57. The lowest BCUT2D eigenvalue weighted by Gasteiger charge is -2.05. The average Bonchev–Trinajstić information content (AvgIpc) is 2.63. The molecule has 1 aromatic carbocycles. The van der Waals surface area contributed by atoms with E-state index < -0.39 is 11.7 Å². The third-order valence-electron chi connectivity index (χ3n) is 2.37. The minimum Gasteiger partial charge on any atom is -0.269 e. The Bertz CT molecular complexity index is 480. The lowest BCUT2D eigenvalue weighted by atomic mass is 10.1. The standard InChI is InChI=1S/C11H9F3N2O/c12-11(13,14)9-3-1-2-8(6-9)7-16-5-4-10(17)15-16/h1-3,6-7H,4-5H2/p+1. The van der Waals surface area contributed by atoms with Crippen LogP contribution in [0.5, 0.6) is 0 Å². The molecule has 0 radical (unpaired) electrons. The molecule has 17 heavy (non-hydrogen) atoms. The molecule has 1 fully saturated rings. The summed E-state index contributed by atoms with van der Waals surface area (Å²) < 4.78 is 38.8. The van der Waals surface area contributed by atoms with Gasteiger partial charge in [0.15, 0.2) is 6.54 Å². The van der Waals surface area contributed by atoms with Crippen LogP contribution in [0.15, 0.2) is 24.3 Å². The molecule has 1 saturated heterocycles. The highest BCUT2D eigenvalue weighted by Crippen LogP contribution is 2.29. The molecule has 90 valence electrons. The van der Waals surface area contributed by atoms with Crippen molar-refractivity contribution in [2.45, 2.75) is 12.6 Å². The maximum absolute atomic E-state index is 12.4. The summed E-state index contributed by atoms with van der Waals surface area (Å²) in [6.45, 7) is 0.467. The summed E-state index contributed by atoms with van der Waals surface area (Å²) in [4.78, 5) is 10.9. The van der Waals surface area contributed by atoms with Gasteiger partial charge in [-0.05, 0) is 18.2 Å². The van der Waals surface area contributed by atoms with Gasteiger partial charge in [0.1, 0.15) is 0 Å². The summed E-state index contributed by atoms with van der Waals surface area (Å²) in [6.07, 6.45) is -2.51. The Kier molecular flexibility index (Phi) is 2.87. The van der Waals surface area contributed by atoms with E-state index in [2.05, 4.69) is 5.43 Å². The first-order chi connectivity index (χ1) is 7.95. The van der Waals surface area contributed by atoms with Gasteiger partial charge in [-0.3, -0.25) is 4.79 Å². The topological polar surface area (TPSA) is 32.1 Å². The minimum atomic E-state index is -4.35. The number of nitrogens with one attached hydrogen (secondary N) is 1. The quantitative estimate of drug-likeness (QED) is 0.746. The van der Waals surface area contributed by atoms with Crippen LogP contribution in [-0.4, -0.2) is 23.4 Å². The van der Waals surface area contributed by atoms with E-state index in [9.17, 15) is 18.0 Å². The van der Waals surface area contributed by atoms with Crippen LogP contribution >= 0.6 is 0 Å². The number of hydrogen-bond acceptors (Lipinski definition) is 1. The van der Waals surface area contributed by atoms with E-state index in [0.717, 1.165) is 12.1 Å². The zero-order valence-electron chi connectivity index (χ0n) is 8.79. The molecule has 2 rings (SSSR count). The summed E-state index contributed by atoms with van der Waals surface area (Å²) in [7, 11) is 0. The largest absolute Gasteiger partial charge is 0.416 e. The normalized spacial score (nSPS) is 18.5. The van der Waals surface area contributed by atoms with Gasteiger partial charge < -0.3 is 0 Å². The van der Waals surface area contributed by atoms with Crippen molar-refractivity contribution < 1.29 is 22.7 Å². The molecule has 1 aromatic rings. The van der Waals surface area contributed by atoms with Crippen molar-refractivity contribution in [2.24, 2.45) is 0 Å². The predicted octanol–water partition coefficient (Wildman–Crippen LogP) is 1.57. The molecule has 0 aromatic heterocycles. The van der Waals surface area contributed by atoms with Crippen molar-refractivity contribution in [2.75, 3.05) is 6.54 Å². The van der Waals surface area contributed by atoms with E-state index in [0.29, 0.717) is 18.5 Å². The molecule has 1 amide bonds. The molecule has 0 bridgehead atoms. The number of alkyl halides is 3. The van der Waals surface area contributed by atoms with Crippen LogP contribution in [0.2, 0.25) is 0 Å². The molecule has 1 N–H and O–H groups in total. The lowest BCUT2D eigenvalue weighted by Crippen LogP contribution is -2.25. The third-order valence-corrected chi connectivity index (χ3v) is 2.37. The highest BCUT2D eigenvalue weighted by molar-refractivity contribution is 5.79. The van der Waals surface area contributed by atoms with Gasteiger partial charge in [-0.1, -0.05) is 6.07 Å². The van der Waals surface area contributed by atoms with Crippen LogP contribution < -0.4 is 5.43 Å². The zero-order chi connectivity index (χ0) is 12.5. The van der Waals surface area contributed by atoms with E-state index in [4.69, 9.17) is 0 Å². The van der Waals surface area contributed by atoms with E-state index in [1.807, 2.05) is 0 Å². The summed E-state index contributed by atoms with van der Waals surface area (Å²) >= 11 is 0. The SMILES string of the molecule is O=C1CC[N+](=Cc2cccc(C(F)(F)F)c2)N1. The Labute approximate surface area is 95.5 Å². The maximum Gasteiger partial charge on any atom is 0.416 e. The second-order valence-corrected chi connectivity index (χ2v) is 3.73. The maximum atomic E-state index is 12.4. The number of carbonyl (C=O) groups is 1. The first-order valence-corrected chi connectivity index (χ1v) is 5.03. The molecular formula is C11H10F3N2O+. The van der Waals surface area contributed by atoms with E-state index in [1.54, 1.807) is 6.07 Å². The monoisotopic (exact) mass is 243 g/mol. The zero-order valence-corrected chi connectivity index (χ0v) is 8.79. The van der Waals surface area contributed by atoms with Gasteiger partial charge in [0.2, 0.25) is 6.21 Å². The Morgan fingerprint density at radius 2 is 2.12 bits per heavy atom. The van der Waals surface area contributed by atoms with Gasteiger partial charge in [-0.15, -0.1) is 10.1 Å². The van der Waals surface area contributed by atoms with Crippen molar-refractivity contribution in [3.05, 3.63) is 35.4 Å². The van der Waals surface area contributed by atoms with E-state index >= 15 is 0 Å². The summed E-state index contributed by atoms with van der Waals surface area (Å²) in [5.74, 6) is -0.131. The fourth-order valence-electron chi connectivity index (χ4n) is 1.57. The smallest absolute Gasteiger partial charge is 0.269 e. The van der Waals surface area contributed by atoms with Crippen molar-refractivity contribution in [3.63, 3.8) is 0 Å². The Morgan fingerprint density at radius 1 is 1.35 bits per heavy atom. The number of hydrogen-bond donors (Lipinski definition) is 1. The predicted molar refractivity (Wildman–Crippen MR) is 54.5 cm³/mol. The van der Waals surface area contributed by atoms with Crippen LogP contribution in [0.4, 0.5) is 13.2 Å². The van der Waals surface area contributed by atoms with Crippen LogP contribution in [0.3, 0.4) is 0 Å². The van der Waals surface area contributed by atoms with Crippen LogP contribution in [0, 0.1) is 0 Å². The Morgan fingerprint density at radius 3 is 2.71 bits per heavy atom. The molecule has 0 saturated carbocycles. The summed E-state index contributed by atoms with van der Waals surface area (Å²) in [5.41, 5.74) is 2.23. The first-order valence-electron chi connectivity index (χ1n) is 5.03. The van der Waals surface area contributed by atoms with Crippen molar-refractivity contribution in [3.8, 4) is 0 Å². The molecular weight excluding hydrogens is 233 g/mol. The molecule has 0 spiro atoms. The molecule has 1 aliphatic rings. The van der Waals surface area contributed by atoms with E-state index in [-0.39, 0.29) is 5.91 Å². The molecule has 0 aliphatic carbocycles. The molecule has 6 heteroatoms.